The minimum Gasteiger partial charge on any atom is -0.383 e. The van der Waals surface area contributed by atoms with Crippen LogP contribution in [0.5, 0.6) is 0 Å². The Morgan fingerprint density at radius 2 is 2.14 bits per heavy atom. The molecular weight excluding hydrogens is 262 g/mol. The van der Waals surface area contributed by atoms with Crippen molar-refractivity contribution in [2.24, 2.45) is 7.05 Å². The molecule has 5 heteroatoms. The van der Waals surface area contributed by atoms with E-state index in [-0.39, 0.29) is 0 Å². The topological polar surface area (TPSA) is 61.7 Å². The van der Waals surface area contributed by atoms with Crippen LogP contribution >= 0.6 is 0 Å². The van der Waals surface area contributed by atoms with Crippen molar-refractivity contribution in [3.8, 4) is 23.7 Å². The summed E-state index contributed by atoms with van der Waals surface area (Å²) in [5.74, 6) is 4.86. The van der Waals surface area contributed by atoms with Gasteiger partial charge in [0.05, 0.1) is 24.8 Å². The van der Waals surface area contributed by atoms with Gasteiger partial charge in [-0.05, 0) is 12.8 Å². The monoisotopic (exact) mass is 283 g/mol. The minimum absolute atomic E-state index is 0.469. The standard InChI is InChI=1S/C16H21N5/c1-3-9-21-15(17)14(13-10-18-11-20(13)2)19-16(21)12-7-5-4-6-8-12/h1,10-12H,4-9,17H2,2H3. The van der Waals surface area contributed by atoms with Crippen LogP contribution in [-0.2, 0) is 13.6 Å². The highest BCUT2D eigenvalue weighted by Gasteiger charge is 2.25. The van der Waals surface area contributed by atoms with Gasteiger partial charge in [0, 0.05) is 13.0 Å². The zero-order valence-electron chi connectivity index (χ0n) is 12.4. The first-order chi connectivity index (χ1) is 10.2. The second-order valence-corrected chi connectivity index (χ2v) is 5.72. The van der Waals surface area contributed by atoms with E-state index >= 15 is 0 Å². The average Bonchev–Trinajstić information content (AvgIpc) is 3.05. The van der Waals surface area contributed by atoms with Gasteiger partial charge in [0.25, 0.3) is 0 Å². The smallest absolute Gasteiger partial charge is 0.134 e. The summed E-state index contributed by atoms with van der Waals surface area (Å²) in [5.41, 5.74) is 8.05. The fraction of sp³-hybridized carbons (Fsp3) is 0.500. The van der Waals surface area contributed by atoms with E-state index in [1.54, 1.807) is 12.5 Å². The van der Waals surface area contributed by atoms with Crippen molar-refractivity contribution in [3.63, 3.8) is 0 Å². The number of nitrogens with zero attached hydrogens (tertiary/aromatic N) is 4. The number of nitrogens with two attached hydrogens (primary N) is 1. The highest BCUT2D eigenvalue weighted by molar-refractivity contribution is 5.68. The summed E-state index contributed by atoms with van der Waals surface area (Å²) in [7, 11) is 1.95. The van der Waals surface area contributed by atoms with Crippen molar-refractivity contribution in [2.75, 3.05) is 5.73 Å². The van der Waals surface area contributed by atoms with E-state index in [9.17, 15) is 0 Å². The van der Waals surface area contributed by atoms with E-state index in [1.165, 1.54) is 32.1 Å². The van der Waals surface area contributed by atoms with Crippen LogP contribution in [-0.4, -0.2) is 19.1 Å². The largest absolute Gasteiger partial charge is 0.383 e. The van der Waals surface area contributed by atoms with Crippen molar-refractivity contribution in [1.82, 2.24) is 19.1 Å². The van der Waals surface area contributed by atoms with Gasteiger partial charge in [-0.2, -0.15) is 0 Å². The van der Waals surface area contributed by atoms with Crippen LogP contribution in [0, 0.1) is 12.3 Å². The van der Waals surface area contributed by atoms with Crippen LogP contribution in [0.2, 0.25) is 0 Å². The highest BCUT2D eigenvalue weighted by Crippen LogP contribution is 2.36. The summed E-state index contributed by atoms with van der Waals surface area (Å²) in [4.78, 5) is 8.99. The first kappa shape index (κ1) is 13.7. The molecule has 0 aliphatic heterocycles. The molecule has 1 aliphatic rings. The van der Waals surface area contributed by atoms with E-state index < -0.39 is 0 Å². The molecule has 0 aromatic carbocycles. The lowest BCUT2D eigenvalue weighted by molar-refractivity contribution is 0.420. The van der Waals surface area contributed by atoms with Crippen LogP contribution in [0.25, 0.3) is 11.4 Å². The minimum atomic E-state index is 0.469. The molecule has 2 aromatic rings. The molecule has 0 atom stereocenters. The Kier molecular flexibility index (Phi) is 3.70. The molecule has 0 unspecified atom stereocenters. The van der Waals surface area contributed by atoms with Crippen molar-refractivity contribution < 1.29 is 0 Å². The van der Waals surface area contributed by atoms with Gasteiger partial charge in [-0.3, -0.25) is 0 Å². The third-order valence-corrected chi connectivity index (χ3v) is 4.32. The lowest BCUT2D eigenvalue weighted by atomic mass is 9.88. The van der Waals surface area contributed by atoms with Gasteiger partial charge in [-0.25, -0.2) is 9.97 Å². The Balaban J connectivity index is 2.07. The fourth-order valence-corrected chi connectivity index (χ4v) is 3.19. The number of hydrogen-bond donors (Lipinski definition) is 1. The SMILES string of the molecule is C#CCn1c(C2CCCCC2)nc(-c2cncn2C)c1N. The Morgan fingerprint density at radius 1 is 1.38 bits per heavy atom. The van der Waals surface area contributed by atoms with Crippen LogP contribution in [0.3, 0.4) is 0 Å². The number of nitrogen functional groups attached to an aromatic ring is 1. The number of hydrogen-bond acceptors (Lipinski definition) is 3. The molecule has 0 amide bonds. The first-order valence-electron chi connectivity index (χ1n) is 7.48. The highest BCUT2D eigenvalue weighted by atomic mass is 15.2. The summed E-state index contributed by atoms with van der Waals surface area (Å²) >= 11 is 0. The third-order valence-electron chi connectivity index (χ3n) is 4.32. The molecule has 1 saturated carbocycles. The van der Waals surface area contributed by atoms with Crippen LogP contribution in [0.15, 0.2) is 12.5 Å². The van der Waals surface area contributed by atoms with Gasteiger partial charge >= 0.3 is 0 Å². The maximum absolute atomic E-state index is 6.32. The van der Waals surface area contributed by atoms with Gasteiger partial charge in [0.2, 0.25) is 0 Å². The molecule has 0 radical (unpaired) electrons. The summed E-state index contributed by atoms with van der Waals surface area (Å²) in [6.07, 6.45) is 15.2. The van der Waals surface area contributed by atoms with Crippen LogP contribution in [0.1, 0.15) is 43.8 Å². The number of terminal acetylenes is 1. The van der Waals surface area contributed by atoms with E-state index in [0.29, 0.717) is 18.3 Å². The molecular formula is C16H21N5. The first-order valence-corrected chi connectivity index (χ1v) is 7.48. The van der Waals surface area contributed by atoms with Crippen LogP contribution < -0.4 is 5.73 Å². The van der Waals surface area contributed by atoms with Gasteiger partial charge in [-0.15, -0.1) is 6.42 Å². The predicted octanol–water partition coefficient (Wildman–Crippen LogP) is 2.55. The number of imidazole rings is 2. The predicted molar refractivity (Wildman–Crippen MR) is 83.5 cm³/mol. The van der Waals surface area contributed by atoms with Gasteiger partial charge in [0.15, 0.2) is 0 Å². The number of anilines is 1. The Labute approximate surface area is 125 Å². The Hall–Kier alpha value is -2.22. The number of aromatic nitrogens is 4. The Morgan fingerprint density at radius 3 is 2.76 bits per heavy atom. The van der Waals surface area contributed by atoms with E-state index in [0.717, 1.165) is 17.2 Å². The third kappa shape index (κ3) is 2.42. The average molecular weight is 283 g/mol. The molecule has 110 valence electrons. The van der Waals surface area contributed by atoms with Crippen molar-refractivity contribution in [1.29, 1.82) is 0 Å². The van der Waals surface area contributed by atoms with E-state index in [4.69, 9.17) is 17.1 Å². The quantitative estimate of drug-likeness (QED) is 0.881. The lowest BCUT2D eigenvalue weighted by Crippen LogP contribution is -2.13. The molecule has 2 aromatic heterocycles. The lowest BCUT2D eigenvalue weighted by Gasteiger charge is -2.21. The summed E-state index contributed by atoms with van der Waals surface area (Å²) in [6, 6.07) is 0. The molecule has 2 N–H and O–H groups in total. The Bertz CT molecular complexity index is 667. The second-order valence-electron chi connectivity index (χ2n) is 5.72. The number of aryl methyl sites for hydroxylation is 1. The molecule has 3 rings (SSSR count). The maximum Gasteiger partial charge on any atom is 0.134 e. The molecule has 1 fully saturated rings. The number of rotatable bonds is 3. The molecule has 0 bridgehead atoms. The molecule has 0 saturated heterocycles. The molecule has 0 spiro atoms. The molecule has 21 heavy (non-hydrogen) atoms. The molecule has 2 heterocycles. The molecule has 5 nitrogen and oxygen atoms in total. The fourth-order valence-electron chi connectivity index (χ4n) is 3.19. The van der Waals surface area contributed by atoms with Crippen LogP contribution in [0.4, 0.5) is 5.82 Å². The van der Waals surface area contributed by atoms with E-state index in [2.05, 4.69) is 10.9 Å². The zero-order chi connectivity index (χ0) is 14.8. The van der Waals surface area contributed by atoms with Gasteiger partial charge in [0.1, 0.15) is 17.3 Å². The summed E-state index contributed by atoms with van der Waals surface area (Å²) in [6.45, 7) is 0.475. The molecule has 1 aliphatic carbocycles. The van der Waals surface area contributed by atoms with Crippen molar-refractivity contribution in [2.45, 2.75) is 44.6 Å². The zero-order valence-corrected chi connectivity index (χ0v) is 12.4. The van der Waals surface area contributed by atoms with E-state index in [1.807, 2.05) is 16.2 Å². The normalized spacial score (nSPS) is 16.0. The summed E-state index contributed by atoms with van der Waals surface area (Å²) in [5, 5.41) is 0. The van der Waals surface area contributed by atoms with Crippen molar-refractivity contribution in [3.05, 3.63) is 18.3 Å². The van der Waals surface area contributed by atoms with Gasteiger partial charge < -0.3 is 14.9 Å². The van der Waals surface area contributed by atoms with Crippen molar-refractivity contribution >= 4 is 5.82 Å². The van der Waals surface area contributed by atoms with Gasteiger partial charge in [-0.1, -0.05) is 25.2 Å². The summed E-state index contributed by atoms with van der Waals surface area (Å²) < 4.78 is 3.93. The maximum atomic E-state index is 6.32. The second kappa shape index (κ2) is 5.65.